The van der Waals surface area contributed by atoms with Gasteiger partial charge in [0.2, 0.25) is 5.91 Å². The van der Waals surface area contributed by atoms with Gasteiger partial charge >= 0.3 is 0 Å². The summed E-state index contributed by atoms with van der Waals surface area (Å²) in [6.45, 7) is 0. The van der Waals surface area contributed by atoms with Crippen molar-refractivity contribution in [2.24, 2.45) is 12.8 Å². The first-order valence-electron chi connectivity index (χ1n) is 5.36. The number of benzene rings is 1. The zero-order valence-corrected chi connectivity index (χ0v) is 10.6. The molecule has 2 aromatic rings. The van der Waals surface area contributed by atoms with Crippen LogP contribution in [0.15, 0.2) is 36.7 Å². The van der Waals surface area contributed by atoms with Gasteiger partial charge in [-0.25, -0.2) is 0 Å². The second kappa shape index (κ2) is 5.10. The number of halogens is 1. The van der Waals surface area contributed by atoms with Gasteiger partial charge in [-0.1, -0.05) is 11.6 Å². The van der Waals surface area contributed by atoms with Gasteiger partial charge in [-0.15, -0.1) is 0 Å². The molecule has 0 saturated heterocycles. The number of carbonyl (C=O) groups excluding carboxylic acids is 1. The van der Waals surface area contributed by atoms with E-state index in [4.69, 9.17) is 17.3 Å². The summed E-state index contributed by atoms with van der Waals surface area (Å²) in [7, 11) is 1.78. The lowest BCUT2D eigenvalue weighted by Gasteiger charge is -2.15. The maximum atomic E-state index is 11.5. The molecule has 3 N–H and O–H groups in total. The van der Waals surface area contributed by atoms with Gasteiger partial charge in [0.15, 0.2) is 0 Å². The summed E-state index contributed by atoms with van der Waals surface area (Å²) in [6, 6.07) is 6.44. The van der Waals surface area contributed by atoms with Crippen LogP contribution in [0.2, 0.25) is 5.02 Å². The van der Waals surface area contributed by atoms with Crippen LogP contribution in [0.5, 0.6) is 0 Å². The fraction of sp³-hybridized carbons (Fsp3) is 0.167. The van der Waals surface area contributed by atoms with Crippen LogP contribution in [0.4, 0.5) is 5.69 Å². The fourth-order valence-electron chi connectivity index (χ4n) is 1.62. The average molecular weight is 265 g/mol. The van der Waals surface area contributed by atoms with Gasteiger partial charge in [-0.2, -0.15) is 5.10 Å². The van der Waals surface area contributed by atoms with Crippen molar-refractivity contribution < 1.29 is 4.79 Å². The van der Waals surface area contributed by atoms with Crippen molar-refractivity contribution in [3.05, 3.63) is 47.2 Å². The number of hydrogen-bond acceptors (Lipinski definition) is 3. The summed E-state index contributed by atoms with van der Waals surface area (Å²) in [5.74, 6) is -0.460. The Morgan fingerprint density at radius 2 is 2.11 bits per heavy atom. The van der Waals surface area contributed by atoms with Gasteiger partial charge in [0.05, 0.1) is 6.20 Å². The molecule has 0 aliphatic heterocycles. The molecule has 2 rings (SSSR count). The highest BCUT2D eigenvalue weighted by Crippen LogP contribution is 2.20. The molecule has 5 nitrogen and oxygen atoms in total. The number of aromatic nitrogens is 2. The Morgan fingerprint density at radius 1 is 1.44 bits per heavy atom. The molecule has 0 fully saturated rings. The molecule has 18 heavy (non-hydrogen) atoms. The van der Waals surface area contributed by atoms with Crippen LogP contribution in [0.1, 0.15) is 11.6 Å². The smallest absolute Gasteiger partial charge is 0.244 e. The van der Waals surface area contributed by atoms with Crippen molar-refractivity contribution in [1.82, 2.24) is 9.78 Å². The number of amides is 1. The number of nitrogens with one attached hydrogen (secondary N) is 1. The molecule has 0 saturated carbocycles. The van der Waals surface area contributed by atoms with Gasteiger partial charge in [0, 0.05) is 29.5 Å². The average Bonchev–Trinajstić information content (AvgIpc) is 2.74. The summed E-state index contributed by atoms with van der Waals surface area (Å²) < 4.78 is 1.62. The Hall–Kier alpha value is -2.01. The lowest BCUT2D eigenvalue weighted by atomic mass is 10.1. The molecule has 94 valence electrons. The van der Waals surface area contributed by atoms with Crippen LogP contribution in [0, 0.1) is 0 Å². The minimum absolute atomic E-state index is 0.460. The Labute approximate surface area is 110 Å². The fourth-order valence-corrected chi connectivity index (χ4v) is 1.75. The van der Waals surface area contributed by atoms with Crippen molar-refractivity contribution >= 4 is 23.2 Å². The first-order valence-corrected chi connectivity index (χ1v) is 5.74. The molecular formula is C12H13ClN4O. The van der Waals surface area contributed by atoms with Crippen LogP contribution in [-0.2, 0) is 11.8 Å². The molecule has 0 bridgehead atoms. The molecule has 0 radical (unpaired) electrons. The van der Waals surface area contributed by atoms with E-state index in [-0.39, 0.29) is 0 Å². The van der Waals surface area contributed by atoms with Crippen LogP contribution in [0.3, 0.4) is 0 Å². The highest BCUT2D eigenvalue weighted by Gasteiger charge is 2.18. The third-order valence-electron chi connectivity index (χ3n) is 2.50. The molecule has 0 aliphatic carbocycles. The summed E-state index contributed by atoms with van der Waals surface area (Å²) in [6.07, 6.45) is 3.36. The molecule has 1 unspecified atom stereocenters. The SMILES string of the molecule is Cn1cc(C(Nc2ccc(Cl)cc2)C(N)=O)cn1. The van der Waals surface area contributed by atoms with E-state index in [1.807, 2.05) is 0 Å². The number of rotatable bonds is 4. The van der Waals surface area contributed by atoms with E-state index >= 15 is 0 Å². The number of nitrogens with zero attached hydrogens (tertiary/aromatic N) is 2. The molecule has 1 atom stereocenters. The van der Waals surface area contributed by atoms with Crippen LogP contribution >= 0.6 is 11.6 Å². The molecule has 0 spiro atoms. The topological polar surface area (TPSA) is 72.9 Å². The second-order valence-corrected chi connectivity index (χ2v) is 4.37. The number of carbonyl (C=O) groups is 1. The number of aryl methyl sites for hydroxylation is 1. The number of primary amides is 1. The van der Waals surface area contributed by atoms with E-state index in [0.29, 0.717) is 5.02 Å². The normalized spacial score (nSPS) is 12.1. The molecule has 1 heterocycles. The van der Waals surface area contributed by atoms with Gasteiger partial charge in [0.1, 0.15) is 6.04 Å². The monoisotopic (exact) mass is 264 g/mol. The van der Waals surface area contributed by atoms with E-state index in [1.165, 1.54) is 0 Å². The summed E-state index contributed by atoms with van der Waals surface area (Å²) in [5, 5.41) is 7.71. The maximum absolute atomic E-state index is 11.5. The van der Waals surface area contributed by atoms with Gasteiger partial charge in [0.25, 0.3) is 0 Å². The predicted molar refractivity (Wildman–Crippen MR) is 70.2 cm³/mol. The van der Waals surface area contributed by atoms with Crippen molar-refractivity contribution in [3.63, 3.8) is 0 Å². The van der Waals surface area contributed by atoms with E-state index in [1.54, 1.807) is 48.4 Å². The second-order valence-electron chi connectivity index (χ2n) is 3.93. The Morgan fingerprint density at radius 3 is 2.61 bits per heavy atom. The Balaban J connectivity index is 2.22. The minimum atomic E-state index is -0.611. The summed E-state index contributed by atoms with van der Waals surface area (Å²) >= 11 is 5.80. The highest BCUT2D eigenvalue weighted by atomic mass is 35.5. The van der Waals surface area contributed by atoms with Gasteiger partial charge < -0.3 is 11.1 Å². The molecule has 1 amide bonds. The quantitative estimate of drug-likeness (QED) is 0.883. The Kier molecular flexibility index (Phi) is 3.53. The van der Waals surface area contributed by atoms with E-state index < -0.39 is 11.9 Å². The summed E-state index contributed by atoms with van der Waals surface area (Å²) in [5.41, 5.74) is 6.88. The first kappa shape index (κ1) is 12.4. The zero-order valence-electron chi connectivity index (χ0n) is 9.80. The van der Waals surface area contributed by atoms with E-state index in [0.717, 1.165) is 11.3 Å². The molecule has 6 heteroatoms. The van der Waals surface area contributed by atoms with Crippen molar-refractivity contribution in [2.45, 2.75) is 6.04 Å². The molecule has 0 aliphatic rings. The summed E-state index contributed by atoms with van der Waals surface area (Å²) in [4.78, 5) is 11.5. The van der Waals surface area contributed by atoms with Gasteiger partial charge in [-0.3, -0.25) is 9.48 Å². The number of anilines is 1. The molecule has 1 aromatic carbocycles. The molecular weight excluding hydrogens is 252 g/mol. The lowest BCUT2D eigenvalue weighted by molar-refractivity contribution is -0.118. The van der Waals surface area contributed by atoms with Crippen LogP contribution in [-0.4, -0.2) is 15.7 Å². The Bertz CT molecular complexity index is 549. The number of nitrogens with two attached hydrogens (primary N) is 1. The zero-order chi connectivity index (χ0) is 13.1. The first-order chi connectivity index (χ1) is 8.56. The standard InChI is InChI=1S/C12H13ClN4O/c1-17-7-8(6-15-17)11(12(14)18)16-10-4-2-9(13)3-5-10/h2-7,11,16H,1H3,(H2,14,18). The van der Waals surface area contributed by atoms with Crippen molar-refractivity contribution in [3.8, 4) is 0 Å². The van der Waals surface area contributed by atoms with Crippen molar-refractivity contribution in [1.29, 1.82) is 0 Å². The third kappa shape index (κ3) is 2.81. The maximum Gasteiger partial charge on any atom is 0.244 e. The van der Waals surface area contributed by atoms with Gasteiger partial charge in [-0.05, 0) is 24.3 Å². The highest BCUT2D eigenvalue weighted by molar-refractivity contribution is 6.30. The third-order valence-corrected chi connectivity index (χ3v) is 2.75. The lowest BCUT2D eigenvalue weighted by Crippen LogP contribution is -2.27. The largest absolute Gasteiger partial charge is 0.370 e. The minimum Gasteiger partial charge on any atom is -0.370 e. The molecule has 1 aromatic heterocycles. The predicted octanol–water partition coefficient (Wildman–Crippen LogP) is 1.71. The number of hydrogen-bond donors (Lipinski definition) is 2. The van der Waals surface area contributed by atoms with E-state index in [9.17, 15) is 4.79 Å². The van der Waals surface area contributed by atoms with Crippen LogP contribution < -0.4 is 11.1 Å². The van der Waals surface area contributed by atoms with E-state index in [2.05, 4.69) is 10.4 Å². The van der Waals surface area contributed by atoms with Crippen LogP contribution in [0.25, 0.3) is 0 Å². The van der Waals surface area contributed by atoms with Crippen molar-refractivity contribution in [2.75, 3.05) is 5.32 Å².